The van der Waals surface area contributed by atoms with Gasteiger partial charge in [0.15, 0.2) is 0 Å². The first-order valence-corrected chi connectivity index (χ1v) is 4.28. The van der Waals surface area contributed by atoms with Crippen LogP contribution in [0.2, 0.25) is 0 Å². The van der Waals surface area contributed by atoms with E-state index in [1.165, 1.54) is 6.08 Å². The van der Waals surface area contributed by atoms with Crippen LogP contribution in [-0.2, 0) is 14.3 Å². The number of rotatable bonds is 6. The number of hydrogen-bond acceptors (Lipinski definition) is 4. The highest BCUT2D eigenvalue weighted by atomic mass is 16.5. The first-order valence-electron chi connectivity index (χ1n) is 4.28. The molecule has 0 atom stereocenters. The van der Waals surface area contributed by atoms with E-state index in [4.69, 9.17) is 9.47 Å². The monoisotopic (exact) mass is 187 g/mol. The molecular formula is C9H17NO3. The summed E-state index contributed by atoms with van der Waals surface area (Å²) < 4.78 is 9.57. The van der Waals surface area contributed by atoms with E-state index in [-0.39, 0.29) is 5.97 Å². The van der Waals surface area contributed by atoms with Gasteiger partial charge in [-0.15, -0.1) is 0 Å². The highest BCUT2D eigenvalue weighted by molar-refractivity contribution is 5.82. The molecule has 0 fully saturated rings. The zero-order chi connectivity index (χ0) is 10.1. The number of methoxy groups -OCH3 is 1. The highest BCUT2D eigenvalue weighted by Gasteiger charge is 1.96. The molecule has 76 valence electrons. The topological polar surface area (TPSA) is 47.6 Å². The molecule has 0 saturated heterocycles. The van der Waals surface area contributed by atoms with Crippen molar-refractivity contribution in [2.24, 2.45) is 0 Å². The summed E-state index contributed by atoms with van der Waals surface area (Å²) in [5, 5.41) is 3.01. The van der Waals surface area contributed by atoms with Crippen molar-refractivity contribution in [2.45, 2.75) is 13.8 Å². The van der Waals surface area contributed by atoms with Crippen LogP contribution in [0.1, 0.15) is 13.8 Å². The van der Waals surface area contributed by atoms with Gasteiger partial charge in [0.2, 0.25) is 0 Å². The number of esters is 1. The SMILES string of the molecule is CCOC(=O)/C=C(/C)NCCOC. The summed E-state index contributed by atoms with van der Waals surface area (Å²) in [7, 11) is 1.63. The van der Waals surface area contributed by atoms with Crippen molar-refractivity contribution in [3.05, 3.63) is 11.8 Å². The summed E-state index contributed by atoms with van der Waals surface area (Å²) in [5.41, 5.74) is 0.788. The Morgan fingerprint density at radius 3 is 2.77 bits per heavy atom. The van der Waals surface area contributed by atoms with Gasteiger partial charge in [-0.3, -0.25) is 0 Å². The third-order valence-corrected chi connectivity index (χ3v) is 1.33. The summed E-state index contributed by atoms with van der Waals surface area (Å²) >= 11 is 0. The van der Waals surface area contributed by atoms with E-state index in [0.29, 0.717) is 19.8 Å². The molecule has 0 aliphatic heterocycles. The maximum atomic E-state index is 10.9. The van der Waals surface area contributed by atoms with Crippen LogP contribution < -0.4 is 5.32 Å². The molecule has 0 spiro atoms. The zero-order valence-corrected chi connectivity index (χ0v) is 8.42. The van der Waals surface area contributed by atoms with Gasteiger partial charge in [-0.05, 0) is 13.8 Å². The zero-order valence-electron chi connectivity index (χ0n) is 8.42. The van der Waals surface area contributed by atoms with Crippen molar-refractivity contribution in [3.8, 4) is 0 Å². The maximum Gasteiger partial charge on any atom is 0.332 e. The molecule has 0 aliphatic carbocycles. The largest absolute Gasteiger partial charge is 0.463 e. The van der Waals surface area contributed by atoms with Crippen LogP contribution in [-0.4, -0.2) is 32.8 Å². The predicted molar refractivity (Wildman–Crippen MR) is 50.3 cm³/mol. The smallest absolute Gasteiger partial charge is 0.332 e. The molecule has 4 nitrogen and oxygen atoms in total. The molecular weight excluding hydrogens is 170 g/mol. The lowest BCUT2D eigenvalue weighted by Gasteiger charge is -2.04. The standard InChI is InChI=1S/C9H17NO3/c1-4-13-9(11)7-8(2)10-5-6-12-3/h7,10H,4-6H2,1-3H3/b8-7-. The van der Waals surface area contributed by atoms with Crippen LogP contribution in [0.3, 0.4) is 0 Å². The van der Waals surface area contributed by atoms with Crippen molar-refractivity contribution in [1.82, 2.24) is 5.32 Å². The molecule has 0 heterocycles. The van der Waals surface area contributed by atoms with Crippen molar-refractivity contribution in [3.63, 3.8) is 0 Å². The van der Waals surface area contributed by atoms with Crippen molar-refractivity contribution in [1.29, 1.82) is 0 Å². The molecule has 0 saturated carbocycles. The second kappa shape index (κ2) is 7.61. The average molecular weight is 187 g/mol. The maximum absolute atomic E-state index is 10.9. The molecule has 4 heteroatoms. The van der Waals surface area contributed by atoms with Gasteiger partial charge in [0, 0.05) is 25.4 Å². The first-order chi connectivity index (χ1) is 6.20. The normalized spacial score (nSPS) is 11.2. The van der Waals surface area contributed by atoms with E-state index in [2.05, 4.69) is 5.32 Å². The lowest BCUT2D eigenvalue weighted by molar-refractivity contribution is -0.137. The van der Waals surface area contributed by atoms with E-state index >= 15 is 0 Å². The molecule has 1 N–H and O–H groups in total. The fraction of sp³-hybridized carbons (Fsp3) is 0.667. The Labute approximate surface area is 78.9 Å². The van der Waals surface area contributed by atoms with E-state index < -0.39 is 0 Å². The molecule has 0 aromatic heterocycles. The van der Waals surface area contributed by atoms with E-state index in [9.17, 15) is 4.79 Å². The number of ether oxygens (including phenoxy) is 2. The highest BCUT2D eigenvalue weighted by Crippen LogP contribution is 1.88. The van der Waals surface area contributed by atoms with Crippen molar-refractivity contribution < 1.29 is 14.3 Å². The third kappa shape index (κ3) is 7.33. The molecule has 0 radical (unpaired) electrons. The quantitative estimate of drug-likeness (QED) is 0.377. The second-order valence-corrected chi connectivity index (χ2v) is 2.50. The molecule has 0 aromatic carbocycles. The van der Waals surface area contributed by atoms with Crippen LogP contribution in [0.15, 0.2) is 11.8 Å². The molecule has 0 bridgehead atoms. The summed E-state index contributed by atoms with van der Waals surface area (Å²) in [6, 6.07) is 0. The molecule has 0 unspecified atom stereocenters. The summed E-state index contributed by atoms with van der Waals surface area (Å²) in [6.45, 7) is 5.30. The number of allylic oxidation sites excluding steroid dienone is 1. The number of hydrogen-bond donors (Lipinski definition) is 1. The van der Waals surface area contributed by atoms with Crippen molar-refractivity contribution >= 4 is 5.97 Å². The lowest BCUT2D eigenvalue weighted by Crippen LogP contribution is -2.18. The van der Waals surface area contributed by atoms with Crippen LogP contribution in [0, 0.1) is 0 Å². The third-order valence-electron chi connectivity index (χ3n) is 1.33. The Balaban J connectivity index is 3.67. The fourth-order valence-corrected chi connectivity index (χ4v) is 0.762. The number of carbonyl (C=O) groups is 1. The second-order valence-electron chi connectivity index (χ2n) is 2.50. The lowest BCUT2D eigenvalue weighted by atomic mass is 10.4. The molecule has 0 amide bonds. The van der Waals surface area contributed by atoms with Crippen LogP contribution in [0.5, 0.6) is 0 Å². The molecule has 13 heavy (non-hydrogen) atoms. The molecule has 0 rings (SSSR count). The predicted octanol–water partition coefficient (Wildman–Crippen LogP) is 0.689. The molecule has 0 aromatic rings. The van der Waals surface area contributed by atoms with E-state index in [0.717, 1.165) is 5.70 Å². The first kappa shape index (κ1) is 12.0. The van der Waals surface area contributed by atoms with Crippen molar-refractivity contribution in [2.75, 3.05) is 26.9 Å². The van der Waals surface area contributed by atoms with E-state index in [1.807, 2.05) is 6.92 Å². The van der Waals surface area contributed by atoms with Gasteiger partial charge in [0.25, 0.3) is 0 Å². The van der Waals surface area contributed by atoms with Crippen LogP contribution in [0.4, 0.5) is 0 Å². The Hall–Kier alpha value is -1.03. The minimum atomic E-state index is -0.315. The van der Waals surface area contributed by atoms with Crippen LogP contribution >= 0.6 is 0 Å². The Kier molecular flexibility index (Phi) is 7.01. The number of carbonyl (C=O) groups excluding carboxylic acids is 1. The number of nitrogens with one attached hydrogen (secondary N) is 1. The molecule has 0 aliphatic rings. The van der Waals surface area contributed by atoms with E-state index in [1.54, 1.807) is 14.0 Å². The van der Waals surface area contributed by atoms with Gasteiger partial charge >= 0.3 is 5.97 Å². The van der Waals surface area contributed by atoms with Gasteiger partial charge in [-0.2, -0.15) is 0 Å². The van der Waals surface area contributed by atoms with Gasteiger partial charge in [-0.1, -0.05) is 0 Å². The fourth-order valence-electron chi connectivity index (χ4n) is 0.762. The Morgan fingerprint density at radius 2 is 2.23 bits per heavy atom. The van der Waals surface area contributed by atoms with Gasteiger partial charge < -0.3 is 14.8 Å². The minimum Gasteiger partial charge on any atom is -0.463 e. The Bertz CT molecular complexity index is 178. The van der Waals surface area contributed by atoms with Crippen LogP contribution in [0.25, 0.3) is 0 Å². The van der Waals surface area contributed by atoms with Gasteiger partial charge in [0.1, 0.15) is 0 Å². The summed E-state index contributed by atoms with van der Waals surface area (Å²) in [5.74, 6) is -0.315. The summed E-state index contributed by atoms with van der Waals surface area (Å²) in [6.07, 6.45) is 1.43. The van der Waals surface area contributed by atoms with Gasteiger partial charge in [-0.25, -0.2) is 4.79 Å². The minimum absolute atomic E-state index is 0.315. The Morgan fingerprint density at radius 1 is 1.54 bits per heavy atom. The summed E-state index contributed by atoms with van der Waals surface area (Å²) in [4.78, 5) is 10.9. The average Bonchev–Trinajstić information content (AvgIpc) is 2.05. The van der Waals surface area contributed by atoms with Gasteiger partial charge in [0.05, 0.1) is 13.2 Å².